The molecular weight excluding hydrogens is 436 g/mol. The number of para-hydroxylation sites is 2. The largest absolute Gasteiger partial charge is 0.212 e. The van der Waals surface area contributed by atoms with Gasteiger partial charge in [-0.05, 0) is 73.9 Å². The Morgan fingerprint density at radius 1 is 0.417 bits per heavy atom. The predicted molar refractivity (Wildman–Crippen MR) is 150 cm³/mol. The highest BCUT2D eigenvalue weighted by Crippen LogP contribution is 2.14. The summed E-state index contributed by atoms with van der Waals surface area (Å²) in [6.45, 7) is 2.19. The molecule has 0 saturated carbocycles. The van der Waals surface area contributed by atoms with Crippen LogP contribution >= 0.6 is 0 Å². The van der Waals surface area contributed by atoms with Crippen molar-refractivity contribution in [3.63, 3.8) is 0 Å². The first-order valence-electron chi connectivity index (χ1n) is 13.7. The summed E-state index contributed by atoms with van der Waals surface area (Å²) in [6.07, 6.45) is 14.3. The normalized spacial score (nSPS) is 11.3. The van der Waals surface area contributed by atoms with Gasteiger partial charge in [0.25, 0.3) is 0 Å². The second kappa shape index (κ2) is 12.4. The fourth-order valence-electron chi connectivity index (χ4n) is 5.35. The van der Waals surface area contributed by atoms with Crippen LogP contribution in [0.3, 0.4) is 0 Å². The maximum atomic E-state index is 2.44. The van der Waals surface area contributed by atoms with E-state index in [1.54, 1.807) is 0 Å². The molecule has 2 heteroatoms. The van der Waals surface area contributed by atoms with Gasteiger partial charge in [0.1, 0.15) is 13.1 Å². The zero-order valence-electron chi connectivity index (χ0n) is 21.4. The minimum atomic E-state index is 1.10. The molecule has 2 nitrogen and oxygen atoms in total. The summed E-state index contributed by atoms with van der Waals surface area (Å²) in [5, 5.41) is 2.65. The molecule has 182 valence electrons. The number of aromatic nitrogens is 2. The predicted octanol–water partition coefficient (Wildman–Crippen LogP) is 7.39. The van der Waals surface area contributed by atoms with E-state index in [-0.39, 0.29) is 0 Å². The topological polar surface area (TPSA) is 7.76 Å². The summed E-state index contributed by atoms with van der Waals surface area (Å²) in [5.41, 5.74) is 5.67. The number of aryl methyl sites for hydroxylation is 4. The molecule has 0 atom stereocenters. The lowest BCUT2D eigenvalue weighted by molar-refractivity contribution is -0.672. The molecule has 2 heterocycles. The highest BCUT2D eigenvalue weighted by molar-refractivity contribution is 5.75. The van der Waals surface area contributed by atoms with Crippen LogP contribution in [-0.4, -0.2) is 0 Å². The number of unbranched alkanes of at least 4 members (excludes halogenated alkanes) is 4. The Balaban J connectivity index is 1.02. The Morgan fingerprint density at radius 3 is 1.42 bits per heavy atom. The molecule has 5 rings (SSSR count). The third-order valence-corrected chi connectivity index (χ3v) is 7.30. The average molecular weight is 475 g/mol. The fraction of sp³-hybridized carbons (Fsp3) is 0.294. The first-order valence-corrected chi connectivity index (χ1v) is 13.7. The molecule has 2 aromatic heterocycles. The summed E-state index contributed by atoms with van der Waals surface area (Å²) >= 11 is 0. The highest BCUT2D eigenvalue weighted by Gasteiger charge is 2.08. The van der Waals surface area contributed by atoms with Crippen LogP contribution in [0, 0.1) is 0 Å². The van der Waals surface area contributed by atoms with Gasteiger partial charge in [0.05, 0.1) is 0 Å². The van der Waals surface area contributed by atoms with Crippen molar-refractivity contribution in [3.8, 4) is 0 Å². The number of benzene rings is 3. The molecule has 0 bridgehead atoms. The fourth-order valence-corrected chi connectivity index (χ4v) is 5.35. The molecule has 0 aliphatic heterocycles. The summed E-state index contributed by atoms with van der Waals surface area (Å²) in [4.78, 5) is 0. The van der Waals surface area contributed by atoms with Crippen LogP contribution in [0.5, 0.6) is 0 Å². The molecular formula is C34H38N2+2. The van der Waals surface area contributed by atoms with Crippen molar-refractivity contribution in [2.45, 2.75) is 64.5 Å². The second-order valence-electron chi connectivity index (χ2n) is 9.96. The molecule has 0 aliphatic carbocycles. The standard InChI is InChI=1S/C34H38N2/c1(9-24-35-26-12-20-31-18-5-7-22-33(31)35)3-14-29-16-11-17-30(28-29)15-4-2-10-25-36-27-13-21-32-19-6-8-23-34(32)36/h5-8,11-13,16-23,26-28H,1-4,9-10,14-15,24-25H2/q+2. The number of pyridine rings is 2. The van der Waals surface area contributed by atoms with E-state index in [0.717, 1.165) is 13.1 Å². The smallest absolute Gasteiger partial charge is 0.198 e. The quantitative estimate of drug-likeness (QED) is 0.131. The van der Waals surface area contributed by atoms with Gasteiger partial charge < -0.3 is 0 Å². The maximum Gasteiger partial charge on any atom is 0.212 e. The van der Waals surface area contributed by atoms with Crippen LogP contribution < -0.4 is 9.13 Å². The molecule has 0 spiro atoms. The zero-order chi connectivity index (χ0) is 24.4. The van der Waals surface area contributed by atoms with E-state index in [1.807, 2.05) is 0 Å². The molecule has 0 radical (unpaired) electrons. The van der Waals surface area contributed by atoms with Crippen LogP contribution in [0.1, 0.15) is 49.7 Å². The van der Waals surface area contributed by atoms with E-state index < -0.39 is 0 Å². The third kappa shape index (κ3) is 6.37. The van der Waals surface area contributed by atoms with Gasteiger partial charge in [-0.25, -0.2) is 0 Å². The van der Waals surface area contributed by atoms with Crippen LogP contribution in [0.4, 0.5) is 0 Å². The number of hydrogen-bond donors (Lipinski definition) is 0. The minimum absolute atomic E-state index is 1.10. The summed E-state index contributed by atoms with van der Waals surface area (Å²) in [7, 11) is 0. The number of nitrogens with zero attached hydrogens (tertiary/aromatic N) is 2. The first-order chi connectivity index (χ1) is 17.9. The number of rotatable bonds is 12. The number of fused-ring (bicyclic) bond motifs is 2. The van der Waals surface area contributed by atoms with Gasteiger partial charge in [0.2, 0.25) is 11.0 Å². The van der Waals surface area contributed by atoms with Gasteiger partial charge >= 0.3 is 0 Å². The van der Waals surface area contributed by atoms with Crippen LogP contribution in [0.2, 0.25) is 0 Å². The lowest BCUT2D eigenvalue weighted by Gasteiger charge is -2.06. The van der Waals surface area contributed by atoms with Gasteiger partial charge in [0.15, 0.2) is 12.4 Å². The molecule has 0 saturated heterocycles. The van der Waals surface area contributed by atoms with Crippen LogP contribution in [0.25, 0.3) is 21.8 Å². The molecule has 0 N–H and O–H groups in total. The molecule has 0 aliphatic rings. The van der Waals surface area contributed by atoms with Crippen molar-refractivity contribution in [1.29, 1.82) is 0 Å². The first kappa shape index (κ1) is 24.2. The molecule has 3 aromatic carbocycles. The van der Waals surface area contributed by atoms with Crippen molar-refractivity contribution in [2.24, 2.45) is 0 Å². The lowest BCUT2D eigenvalue weighted by Crippen LogP contribution is -2.33. The van der Waals surface area contributed by atoms with E-state index in [4.69, 9.17) is 0 Å². The minimum Gasteiger partial charge on any atom is -0.198 e. The number of hydrogen-bond acceptors (Lipinski definition) is 0. The molecule has 0 amide bonds. The molecule has 0 unspecified atom stereocenters. The average Bonchev–Trinajstić information content (AvgIpc) is 2.93. The third-order valence-electron chi connectivity index (χ3n) is 7.30. The van der Waals surface area contributed by atoms with Crippen molar-refractivity contribution in [2.75, 3.05) is 0 Å². The zero-order valence-corrected chi connectivity index (χ0v) is 21.4. The Morgan fingerprint density at radius 2 is 0.889 bits per heavy atom. The highest BCUT2D eigenvalue weighted by atomic mass is 14.9. The van der Waals surface area contributed by atoms with Crippen molar-refractivity contribution in [1.82, 2.24) is 0 Å². The lowest BCUT2D eigenvalue weighted by atomic mass is 10.0. The summed E-state index contributed by atoms with van der Waals surface area (Å²) in [5.74, 6) is 0. The van der Waals surface area contributed by atoms with Gasteiger partial charge in [-0.3, -0.25) is 0 Å². The van der Waals surface area contributed by atoms with Crippen molar-refractivity contribution >= 4 is 21.8 Å². The van der Waals surface area contributed by atoms with E-state index in [2.05, 4.69) is 119 Å². The van der Waals surface area contributed by atoms with Gasteiger partial charge in [-0.15, -0.1) is 0 Å². The Labute approximate surface area is 215 Å². The van der Waals surface area contributed by atoms with E-state index in [0.29, 0.717) is 0 Å². The van der Waals surface area contributed by atoms with Gasteiger partial charge in [-0.2, -0.15) is 9.13 Å². The van der Waals surface area contributed by atoms with Crippen LogP contribution in [-0.2, 0) is 25.9 Å². The SMILES string of the molecule is c1cc(CCCCC[n+]2cccc3ccccc32)cc(CCCCC[n+]2cccc3ccccc32)c1. The Kier molecular flexibility index (Phi) is 8.36. The second-order valence-corrected chi connectivity index (χ2v) is 9.96. The molecule has 5 aromatic rings. The van der Waals surface area contributed by atoms with Gasteiger partial charge in [0, 0.05) is 47.9 Å². The van der Waals surface area contributed by atoms with Crippen molar-refractivity contribution in [3.05, 3.63) is 121 Å². The Hall–Kier alpha value is -3.52. The van der Waals surface area contributed by atoms with E-state index in [1.165, 1.54) is 84.3 Å². The van der Waals surface area contributed by atoms with E-state index >= 15 is 0 Å². The molecule has 36 heavy (non-hydrogen) atoms. The Bertz CT molecular complexity index is 1290. The maximum absolute atomic E-state index is 2.44. The van der Waals surface area contributed by atoms with Crippen LogP contribution in [0.15, 0.2) is 109 Å². The summed E-state index contributed by atoms with van der Waals surface area (Å²) in [6, 6.07) is 35.4. The van der Waals surface area contributed by atoms with Crippen molar-refractivity contribution < 1.29 is 9.13 Å². The van der Waals surface area contributed by atoms with Gasteiger partial charge in [-0.1, -0.05) is 48.5 Å². The van der Waals surface area contributed by atoms with E-state index in [9.17, 15) is 0 Å². The molecule has 0 fully saturated rings. The monoisotopic (exact) mass is 474 g/mol. The summed E-state index contributed by atoms with van der Waals surface area (Å²) < 4.78 is 4.80.